The van der Waals surface area contributed by atoms with Gasteiger partial charge in [0.25, 0.3) is 0 Å². The van der Waals surface area contributed by atoms with E-state index in [2.05, 4.69) is 73.9 Å². The Balaban J connectivity index is 1.34. The summed E-state index contributed by atoms with van der Waals surface area (Å²) >= 11 is 0.866. The molecule has 0 saturated heterocycles. The molecule has 0 spiro atoms. The monoisotopic (exact) mass is 664 g/mol. The summed E-state index contributed by atoms with van der Waals surface area (Å²) in [7, 11) is 0. The molecular formula is C38H48Se2. The molecule has 0 saturated carbocycles. The molecule has 40 heavy (non-hydrogen) atoms. The van der Waals surface area contributed by atoms with Gasteiger partial charge in [-0.15, -0.1) is 0 Å². The van der Waals surface area contributed by atoms with Crippen LogP contribution >= 0.6 is 0 Å². The normalized spacial score (nSPS) is 11.2. The second-order valence-corrected chi connectivity index (χ2v) is 17.0. The van der Waals surface area contributed by atoms with E-state index >= 15 is 0 Å². The topological polar surface area (TPSA) is 0 Å². The standard InChI is InChI=1S/C38H48Se2/c1-3-5-7-9-11-13-15-17-19-21-24-31-28-29-35-34(30-31)36-33-27-23-26-32(37(33)40-38(36)39-35)25-22-20-18-16-14-12-10-8-6-4-2/h23,26-30H,3-20H2,1-2H3. The summed E-state index contributed by atoms with van der Waals surface area (Å²) in [6, 6.07) is 13.8. The first-order valence-electron chi connectivity index (χ1n) is 16.2. The molecule has 0 aliphatic carbocycles. The predicted octanol–water partition coefficient (Wildman–Crippen LogP) is 11.0. The second kappa shape index (κ2) is 18.0. The molecular weight excluding hydrogens is 614 g/mol. The molecule has 2 aromatic heterocycles. The third-order valence-corrected chi connectivity index (χ3v) is 13.9. The molecule has 212 valence electrons. The molecule has 4 aromatic rings. The summed E-state index contributed by atoms with van der Waals surface area (Å²) < 4.78 is 4.78. The van der Waals surface area contributed by atoms with Gasteiger partial charge < -0.3 is 0 Å². The second-order valence-electron chi connectivity index (χ2n) is 11.3. The van der Waals surface area contributed by atoms with E-state index in [1.54, 1.807) is 7.39 Å². The van der Waals surface area contributed by atoms with Gasteiger partial charge in [0.2, 0.25) is 0 Å². The molecule has 0 unspecified atom stereocenters. The van der Waals surface area contributed by atoms with Gasteiger partial charge in [-0.05, 0) is 0 Å². The Morgan fingerprint density at radius 3 is 1.82 bits per heavy atom. The van der Waals surface area contributed by atoms with E-state index in [0.717, 1.165) is 12.8 Å². The molecule has 0 atom stereocenters. The van der Waals surface area contributed by atoms with Crippen LogP contribution in [0.3, 0.4) is 0 Å². The van der Waals surface area contributed by atoms with Gasteiger partial charge in [-0.3, -0.25) is 0 Å². The summed E-state index contributed by atoms with van der Waals surface area (Å²) in [6.45, 7) is 4.58. The fourth-order valence-electron chi connectivity index (χ4n) is 5.53. The Morgan fingerprint density at radius 2 is 1.18 bits per heavy atom. The minimum atomic E-state index is 0.413. The Kier molecular flexibility index (Phi) is 14.1. The molecule has 0 nitrogen and oxygen atoms in total. The van der Waals surface area contributed by atoms with E-state index < -0.39 is 0 Å². The van der Waals surface area contributed by atoms with Gasteiger partial charge in [-0.25, -0.2) is 0 Å². The summed E-state index contributed by atoms with van der Waals surface area (Å²) in [5.74, 6) is 14.0. The van der Waals surface area contributed by atoms with E-state index in [4.69, 9.17) is 0 Å². The van der Waals surface area contributed by atoms with E-state index in [1.807, 2.05) is 0 Å². The van der Waals surface area contributed by atoms with Crippen molar-refractivity contribution in [2.24, 2.45) is 0 Å². The van der Waals surface area contributed by atoms with Gasteiger partial charge >= 0.3 is 218 Å². The first-order valence-corrected chi connectivity index (χ1v) is 19.6. The third kappa shape index (κ3) is 9.44. The van der Waals surface area contributed by atoms with E-state index in [9.17, 15) is 0 Å². The molecule has 2 heteroatoms. The zero-order valence-electron chi connectivity index (χ0n) is 25.0. The molecule has 4 rings (SSSR count). The maximum atomic E-state index is 3.57. The molecule has 2 aromatic carbocycles. The predicted molar refractivity (Wildman–Crippen MR) is 181 cm³/mol. The molecule has 0 aliphatic rings. The molecule has 0 bridgehead atoms. The first kappa shape index (κ1) is 31.3. The van der Waals surface area contributed by atoms with Crippen molar-refractivity contribution in [3.63, 3.8) is 0 Å². The molecule has 0 amide bonds. The Labute approximate surface area is 256 Å². The van der Waals surface area contributed by atoms with E-state index in [1.165, 1.54) is 134 Å². The Hall–Kier alpha value is -1.66. The van der Waals surface area contributed by atoms with Gasteiger partial charge in [-0.1, -0.05) is 39.5 Å². The van der Waals surface area contributed by atoms with E-state index in [-0.39, 0.29) is 0 Å². The fraction of sp³-hybridized carbons (Fsp3) is 0.526. The van der Waals surface area contributed by atoms with Crippen molar-refractivity contribution in [1.29, 1.82) is 0 Å². The van der Waals surface area contributed by atoms with Crippen LogP contribution < -0.4 is 0 Å². The van der Waals surface area contributed by atoms with Crippen molar-refractivity contribution < 1.29 is 0 Å². The molecule has 0 radical (unpaired) electrons. The Morgan fingerprint density at radius 1 is 0.575 bits per heavy atom. The van der Waals surface area contributed by atoms with Crippen LogP contribution in [0, 0.1) is 23.7 Å². The van der Waals surface area contributed by atoms with Gasteiger partial charge in [0.15, 0.2) is 0 Å². The van der Waals surface area contributed by atoms with Crippen LogP contribution in [0.4, 0.5) is 0 Å². The van der Waals surface area contributed by atoms with Crippen LogP contribution in [-0.2, 0) is 0 Å². The molecule has 0 N–H and O–H groups in total. The van der Waals surface area contributed by atoms with Gasteiger partial charge in [0.1, 0.15) is 0 Å². The van der Waals surface area contributed by atoms with E-state index in [0.29, 0.717) is 29.0 Å². The quantitative estimate of drug-likeness (QED) is 0.0636. The number of unbranched alkanes of at least 4 members (excludes halogenated alkanes) is 16. The SMILES string of the molecule is CCCCCCCCCCC#Cc1ccc2[se]c3[se]c4c(C#CCCCCCCCCCC)cccc4c3c2c1. The van der Waals surface area contributed by atoms with Crippen LogP contribution in [0.15, 0.2) is 36.4 Å². The third-order valence-electron chi connectivity index (χ3n) is 7.90. The first-order chi connectivity index (χ1) is 19.8. The van der Waals surface area contributed by atoms with Crippen LogP contribution in [0.2, 0.25) is 0 Å². The number of fused-ring (bicyclic) bond motifs is 5. The summed E-state index contributed by atoms with van der Waals surface area (Å²) in [4.78, 5) is 0. The maximum absolute atomic E-state index is 3.57. The molecule has 2 heterocycles. The number of hydrogen-bond donors (Lipinski definition) is 0. The number of benzene rings is 2. The van der Waals surface area contributed by atoms with Crippen molar-refractivity contribution in [2.45, 2.75) is 129 Å². The van der Waals surface area contributed by atoms with Crippen LogP contribution in [0.25, 0.3) is 27.8 Å². The van der Waals surface area contributed by atoms with Crippen LogP contribution in [0.5, 0.6) is 0 Å². The van der Waals surface area contributed by atoms with Crippen molar-refractivity contribution in [3.05, 3.63) is 47.5 Å². The van der Waals surface area contributed by atoms with Crippen molar-refractivity contribution >= 4 is 56.8 Å². The Bertz CT molecular complexity index is 1440. The average Bonchev–Trinajstić information content (AvgIpc) is 3.51. The zero-order valence-corrected chi connectivity index (χ0v) is 28.4. The van der Waals surface area contributed by atoms with Crippen molar-refractivity contribution in [1.82, 2.24) is 0 Å². The average molecular weight is 663 g/mol. The molecule has 0 fully saturated rings. The summed E-state index contributed by atoms with van der Waals surface area (Å²) in [6.07, 6.45) is 23.8. The van der Waals surface area contributed by atoms with Crippen LogP contribution in [0.1, 0.15) is 141 Å². The summed E-state index contributed by atoms with van der Waals surface area (Å²) in [5, 5.41) is 4.44. The number of hydrogen-bond acceptors (Lipinski definition) is 0. The fourth-order valence-corrected chi connectivity index (χ4v) is 12.0. The van der Waals surface area contributed by atoms with Gasteiger partial charge in [0, 0.05) is 0 Å². The van der Waals surface area contributed by atoms with Gasteiger partial charge in [-0.2, -0.15) is 0 Å². The van der Waals surface area contributed by atoms with Crippen LogP contribution in [-0.4, -0.2) is 29.0 Å². The number of rotatable bonds is 16. The summed E-state index contributed by atoms with van der Waals surface area (Å²) in [5.41, 5.74) is 2.47. The minimum absolute atomic E-state index is 0.413. The zero-order chi connectivity index (χ0) is 27.8. The van der Waals surface area contributed by atoms with Crippen molar-refractivity contribution in [3.8, 4) is 23.7 Å². The molecule has 0 aliphatic heterocycles. The van der Waals surface area contributed by atoms with Crippen molar-refractivity contribution in [2.75, 3.05) is 0 Å². The van der Waals surface area contributed by atoms with Gasteiger partial charge in [0.05, 0.1) is 0 Å².